The predicted octanol–water partition coefficient (Wildman–Crippen LogP) is 2.75. The second-order valence-electron chi connectivity index (χ2n) is 6.43. The van der Waals surface area contributed by atoms with Crippen molar-refractivity contribution in [3.8, 4) is 23.0 Å². The zero-order valence-electron chi connectivity index (χ0n) is 15.2. The fourth-order valence-corrected chi connectivity index (χ4v) is 2.92. The van der Waals surface area contributed by atoms with Gasteiger partial charge in [0.1, 0.15) is 47.4 Å². The van der Waals surface area contributed by atoms with Crippen LogP contribution < -0.4 is 9.47 Å². The molecule has 148 valence electrons. The van der Waals surface area contributed by atoms with Crippen molar-refractivity contribution in [2.75, 3.05) is 19.8 Å². The first-order chi connectivity index (χ1) is 13.5. The molecule has 2 aromatic carbocycles. The predicted molar refractivity (Wildman–Crippen MR) is 101 cm³/mol. The summed E-state index contributed by atoms with van der Waals surface area (Å²) in [4.78, 5) is 12.4. The van der Waals surface area contributed by atoms with E-state index in [-0.39, 0.29) is 48.2 Å². The maximum atomic E-state index is 12.4. The Hall–Kier alpha value is -3.03. The number of fused-ring (bicyclic) bond motifs is 1. The topological polar surface area (TPSA) is 105 Å². The first kappa shape index (κ1) is 19.7. The van der Waals surface area contributed by atoms with E-state index < -0.39 is 12.2 Å². The van der Waals surface area contributed by atoms with Crippen LogP contribution in [0.5, 0.6) is 23.0 Å². The molecule has 2 unspecified atom stereocenters. The van der Waals surface area contributed by atoms with Gasteiger partial charge < -0.3 is 29.5 Å². The van der Waals surface area contributed by atoms with Crippen LogP contribution in [-0.2, 0) is 4.74 Å². The molecule has 1 aliphatic rings. The Morgan fingerprint density at radius 3 is 2.68 bits per heavy atom. The van der Waals surface area contributed by atoms with Crippen LogP contribution in [0.15, 0.2) is 49.1 Å². The van der Waals surface area contributed by atoms with Crippen molar-refractivity contribution in [1.29, 1.82) is 0 Å². The second kappa shape index (κ2) is 8.77. The van der Waals surface area contributed by atoms with Crippen molar-refractivity contribution in [2.45, 2.75) is 18.6 Å². The fourth-order valence-electron chi connectivity index (χ4n) is 2.92. The highest BCUT2D eigenvalue weighted by Gasteiger charge is 2.30. The maximum Gasteiger partial charge on any atom is 0.174 e. The molecule has 0 saturated heterocycles. The first-order valence-corrected chi connectivity index (χ1v) is 8.83. The highest BCUT2D eigenvalue weighted by Crippen LogP contribution is 2.41. The molecular formula is C21H22O7. The molecule has 0 radical (unpaired) electrons. The number of Topliss-reactive ketones (excluding diaryl/α,β-unsaturated/α-hetero) is 1. The van der Waals surface area contributed by atoms with Crippen LogP contribution in [0.1, 0.15) is 28.4 Å². The molecule has 0 spiro atoms. The van der Waals surface area contributed by atoms with Gasteiger partial charge in [0.15, 0.2) is 5.78 Å². The Labute approximate surface area is 162 Å². The van der Waals surface area contributed by atoms with Crippen molar-refractivity contribution >= 4 is 5.78 Å². The zero-order valence-corrected chi connectivity index (χ0v) is 15.2. The molecule has 0 aliphatic carbocycles. The number of benzene rings is 2. The summed E-state index contributed by atoms with van der Waals surface area (Å²) in [5, 5.41) is 29.3. The van der Waals surface area contributed by atoms with Gasteiger partial charge in [0, 0.05) is 12.1 Å². The summed E-state index contributed by atoms with van der Waals surface area (Å²) in [7, 11) is 0. The number of ether oxygens (including phenoxy) is 3. The summed E-state index contributed by atoms with van der Waals surface area (Å²) in [6.45, 7) is 4.13. The largest absolute Gasteiger partial charge is 0.508 e. The molecular weight excluding hydrogens is 364 g/mol. The molecule has 0 fully saturated rings. The van der Waals surface area contributed by atoms with Crippen molar-refractivity contribution in [2.24, 2.45) is 0 Å². The Morgan fingerprint density at radius 1 is 1.21 bits per heavy atom. The third-order valence-corrected chi connectivity index (χ3v) is 4.23. The summed E-state index contributed by atoms with van der Waals surface area (Å²) in [6.07, 6.45) is 0.389. The average molecular weight is 386 g/mol. The quantitative estimate of drug-likeness (QED) is 0.473. The van der Waals surface area contributed by atoms with Crippen LogP contribution in [0, 0.1) is 0 Å². The lowest BCUT2D eigenvalue weighted by molar-refractivity contribution is 0.0214. The molecule has 3 rings (SSSR count). The number of aliphatic hydroxyl groups excluding tert-OH is 1. The number of carbonyl (C=O) groups is 1. The monoisotopic (exact) mass is 386 g/mol. The molecule has 7 nitrogen and oxygen atoms in total. The number of phenolic OH excluding ortho intramolecular Hbond substituents is 2. The molecule has 1 aliphatic heterocycles. The number of rotatable bonds is 8. The molecule has 1 heterocycles. The average Bonchev–Trinajstić information content (AvgIpc) is 2.66. The molecule has 0 saturated carbocycles. The summed E-state index contributed by atoms with van der Waals surface area (Å²) in [5.41, 5.74) is 0.839. The third kappa shape index (κ3) is 4.62. The van der Waals surface area contributed by atoms with Gasteiger partial charge in [-0.05, 0) is 17.7 Å². The van der Waals surface area contributed by atoms with E-state index in [1.807, 2.05) is 0 Å². The first-order valence-electron chi connectivity index (χ1n) is 8.83. The normalized spacial score (nSPS) is 16.8. The van der Waals surface area contributed by atoms with Gasteiger partial charge in [-0.25, -0.2) is 0 Å². The maximum absolute atomic E-state index is 12.4. The van der Waals surface area contributed by atoms with Gasteiger partial charge in [-0.3, -0.25) is 4.79 Å². The van der Waals surface area contributed by atoms with Crippen LogP contribution >= 0.6 is 0 Å². The molecule has 0 bridgehead atoms. The van der Waals surface area contributed by atoms with Crippen LogP contribution in [0.4, 0.5) is 0 Å². The second-order valence-corrected chi connectivity index (χ2v) is 6.43. The van der Waals surface area contributed by atoms with Crippen molar-refractivity contribution in [3.63, 3.8) is 0 Å². The molecule has 3 N–H and O–H groups in total. The highest BCUT2D eigenvalue weighted by atomic mass is 16.5. The van der Waals surface area contributed by atoms with Gasteiger partial charge in [0.25, 0.3) is 0 Å². The number of ketones is 1. The van der Waals surface area contributed by atoms with Gasteiger partial charge >= 0.3 is 0 Å². The summed E-state index contributed by atoms with van der Waals surface area (Å²) in [6, 6.07) is 9.39. The molecule has 2 atom stereocenters. The number of phenols is 2. The third-order valence-electron chi connectivity index (χ3n) is 4.23. The van der Waals surface area contributed by atoms with Crippen LogP contribution in [0.2, 0.25) is 0 Å². The molecule has 2 aromatic rings. The van der Waals surface area contributed by atoms with E-state index in [9.17, 15) is 20.1 Å². The van der Waals surface area contributed by atoms with Gasteiger partial charge in [0.05, 0.1) is 19.6 Å². The van der Waals surface area contributed by atoms with Gasteiger partial charge in [-0.2, -0.15) is 0 Å². The number of aliphatic hydroxyl groups is 1. The highest BCUT2D eigenvalue weighted by molar-refractivity contribution is 6.02. The number of carbonyl (C=O) groups excluding carboxylic acids is 1. The van der Waals surface area contributed by atoms with Gasteiger partial charge in [-0.15, -0.1) is 6.58 Å². The minimum atomic E-state index is -0.754. The van der Waals surface area contributed by atoms with Crippen LogP contribution in [0.25, 0.3) is 0 Å². The summed E-state index contributed by atoms with van der Waals surface area (Å²) in [5.74, 6) is -0.0142. The Morgan fingerprint density at radius 2 is 1.96 bits per heavy atom. The standard InChI is InChI=1S/C21H22O7/c1-2-7-26-11-15(23)12-27-16-5-3-13(4-6-16)19-10-18(25)21-17(24)8-14(22)9-20(21)28-19/h2-6,8-9,15,19,22-24H,1,7,10-12H2. The van der Waals surface area contributed by atoms with Crippen LogP contribution in [0.3, 0.4) is 0 Å². The van der Waals surface area contributed by atoms with E-state index in [4.69, 9.17) is 14.2 Å². The fraction of sp³-hybridized carbons (Fsp3) is 0.286. The molecule has 28 heavy (non-hydrogen) atoms. The lowest BCUT2D eigenvalue weighted by atomic mass is 9.95. The smallest absolute Gasteiger partial charge is 0.174 e. The van der Waals surface area contributed by atoms with E-state index in [0.717, 1.165) is 11.6 Å². The van der Waals surface area contributed by atoms with E-state index in [1.165, 1.54) is 6.07 Å². The molecule has 0 amide bonds. The molecule has 7 heteroatoms. The lowest BCUT2D eigenvalue weighted by Gasteiger charge is -2.26. The van der Waals surface area contributed by atoms with Crippen molar-refractivity contribution in [1.82, 2.24) is 0 Å². The van der Waals surface area contributed by atoms with Gasteiger partial charge in [0.2, 0.25) is 0 Å². The SMILES string of the molecule is C=CCOCC(O)COc1ccc(C2CC(=O)c3c(O)cc(O)cc3O2)cc1. The molecule has 0 aromatic heterocycles. The van der Waals surface area contributed by atoms with Gasteiger partial charge in [-0.1, -0.05) is 18.2 Å². The van der Waals surface area contributed by atoms with Crippen molar-refractivity contribution in [3.05, 3.63) is 60.2 Å². The number of hydrogen-bond acceptors (Lipinski definition) is 7. The van der Waals surface area contributed by atoms with Crippen LogP contribution in [-0.4, -0.2) is 47.0 Å². The zero-order chi connectivity index (χ0) is 20.1. The summed E-state index contributed by atoms with van der Waals surface area (Å²) < 4.78 is 16.5. The Balaban J connectivity index is 1.62. The minimum absolute atomic E-state index is 0.0743. The lowest BCUT2D eigenvalue weighted by Crippen LogP contribution is -2.23. The van der Waals surface area contributed by atoms with Crippen molar-refractivity contribution < 1.29 is 34.3 Å². The number of aromatic hydroxyl groups is 2. The number of hydrogen-bond donors (Lipinski definition) is 3. The Kier molecular flexibility index (Phi) is 6.18. The minimum Gasteiger partial charge on any atom is -0.508 e. The van der Waals surface area contributed by atoms with E-state index in [0.29, 0.717) is 12.4 Å². The Bertz CT molecular complexity index is 845. The van der Waals surface area contributed by atoms with E-state index in [1.54, 1.807) is 30.3 Å². The summed E-state index contributed by atoms with van der Waals surface area (Å²) >= 11 is 0. The van der Waals surface area contributed by atoms with E-state index in [2.05, 4.69) is 6.58 Å². The van der Waals surface area contributed by atoms with E-state index >= 15 is 0 Å².